The Hall–Kier alpha value is -1.22. The highest BCUT2D eigenvalue weighted by Crippen LogP contribution is 2.31. The molecule has 3 heteroatoms. The van der Waals surface area contributed by atoms with Crippen molar-refractivity contribution in [1.29, 1.82) is 0 Å². The van der Waals surface area contributed by atoms with E-state index < -0.39 is 6.10 Å². The number of ether oxygens (including phenoxy) is 2. The Balaban J connectivity index is 2.03. The molecule has 2 rings (SSSR count). The molecule has 1 fully saturated rings. The predicted octanol–water partition coefficient (Wildman–Crippen LogP) is 3.71. The lowest BCUT2D eigenvalue weighted by Gasteiger charge is -2.23. The van der Waals surface area contributed by atoms with E-state index in [0.29, 0.717) is 5.92 Å². The van der Waals surface area contributed by atoms with Crippen molar-refractivity contribution < 1.29 is 14.6 Å². The monoisotopic (exact) mass is 264 g/mol. The van der Waals surface area contributed by atoms with Gasteiger partial charge < -0.3 is 14.6 Å². The largest absolute Gasteiger partial charge is 0.497 e. The first-order valence-corrected chi connectivity index (χ1v) is 7.19. The molecule has 1 aliphatic rings. The second-order valence-corrected chi connectivity index (χ2v) is 5.39. The van der Waals surface area contributed by atoms with E-state index in [2.05, 4.69) is 0 Å². The van der Waals surface area contributed by atoms with E-state index in [-0.39, 0.29) is 0 Å². The fourth-order valence-corrected chi connectivity index (χ4v) is 2.67. The molecular formula is C16H24O3. The molecule has 0 saturated heterocycles. The van der Waals surface area contributed by atoms with Gasteiger partial charge in [0.25, 0.3) is 0 Å². The third kappa shape index (κ3) is 3.87. The maximum Gasteiger partial charge on any atom is 0.128 e. The molecule has 0 spiro atoms. The van der Waals surface area contributed by atoms with Crippen LogP contribution in [0.15, 0.2) is 18.2 Å². The molecule has 0 heterocycles. The average molecular weight is 264 g/mol. The first-order valence-electron chi connectivity index (χ1n) is 7.19. The number of rotatable bonds is 5. The van der Waals surface area contributed by atoms with Crippen LogP contribution in [0.1, 0.15) is 50.7 Å². The predicted molar refractivity (Wildman–Crippen MR) is 75.7 cm³/mol. The van der Waals surface area contributed by atoms with Crippen LogP contribution in [-0.4, -0.2) is 18.8 Å². The number of benzene rings is 1. The molecule has 1 aromatic rings. The molecule has 1 N–H and O–H groups in total. The van der Waals surface area contributed by atoms with Gasteiger partial charge in [-0.15, -0.1) is 0 Å². The summed E-state index contributed by atoms with van der Waals surface area (Å²) < 4.78 is 11.2. The summed E-state index contributed by atoms with van der Waals surface area (Å²) in [4.78, 5) is 0. The maximum absolute atomic E-state index is 9.78. The quantitative estimate of drug-likeness (QED) is 0.881. The summed E-state index contributed by atoms with van der Waals surface area (Å²) in [6, 6.07) is 5.60. The molecule has 1 atom stereocenters. The third-order valence-electron chi connectivity index (χ3n) is 3.87. The summed E-state index contributed by atoms with van der Waals surface area (Å²) in [6.45, 7) is 2.50. The Morgan fingerprint density at radius 3 is 2.63 bits per heavy atom. The van der Waals surface area contributed by atoms with Gasteiger partial charge in [-0.25, -0.2) is 0 Å². The van der Waals surface area contributed by atoms with E-state index in [9.17, 15) is 5.11 Å². The number of hydrogen-bond acceptors (Lipinski definition) is 3. The van der Waals surface area contributed by atoms with E-state index in [1.54, 1.807) is 14.0 Å². The van der Waals surface area contributed by atoms with Gasteiger partial charge in [0.05, 0.1) is 19.8 Å². The van der Waals surface area contributed by atoms with Gasteiger partial charge in [-0.1, -0.05) is 19.3 Å². The number of aliphatic hydroxyl groups excluding tert-OH is 1. The SMILES string of the molecule is COc1ccc([C@@H](C)O)c(OCC2CCCCC2)c1. The van der Waals surface area contributed by atoms with Crippen LogP contribution in [0, 0.1) is 5.92 Å². The molecule has 0 radical (unpaired) electrons. The van der Waals surface area contributed by atoms with Crippen molar-refractivity contribution in [2.75, 3.05) is 13.7 Å². The van der Waals surface area contributed by atoms with E-state index >= 15 is 0 Å². The fourth-order valence-electron chi connectivity index (χ4n) is 2.67. The van der Waals surface area contributed by atoms with Crippen molar-refractivity contribution in [1.82, 2.24) is 0 Å². The Kier molecular flexibility index (Phi) is 5.08. The molecule has 1 aliphatic carbocycles. The highest BCUT2D eigenvalue weighted by molar-refractivity contribution is 5.41. The van der Waals surface area contributed by atoms with Gasteiger partial charge in [-0.3, -0.25) is 0 Å². The van der Waals surface area contributed by atoms with E-state index in [1.807, 2.05) is 18.2 Å². The number of hydrogen-bond donors (Lipinski definition) is 1. The van der Waals surface area contributed by atoms with Crippen molar-refractivity contribution >= 4 is 0 Å². The van der Waals surface area contributed by atoms with Crippen molar-refractivity contribution in [2.24, 2.45) is 5.92 Å². The molecule has 3 nitrogen and oxygen atoms in total. The lowest BCUT2D eigenvalue weighted by molar-refractivity contribution is 0.177. The Bertz CT molecular complexity index is 395. The van der Waals surface area contributed by atoms with Gasteiger partial charge in [-0.2, -0.15) is 0 Å². The lowest BCUT2D eigenvalue weighted by Crippen LogP contribution is -2.16. The molecule has 0 bridgehead atoms. The Labute approximate surface area is 115 Å². The van der Waals surface area contributed by atoms with Crippen LogP contribution in [0.2, 0.25) is 0 Å². The average Bonchev–Trinajstić information content (AvgIpc) is 2.45. The molecular weight excluding hydrogens is 240 g/mol. The smallest absolute Gasteiger partial charge is 0.128 e. The summed E-state index contributed by atoms with van der Waals surface area (Å²) >= 11 is 0. The zero-order chi connectivity index (χ0) is 13.7. The molecule has 106 valence electrons. The van der Waals surface area contributed by atoms with E-state index in [4.69, 9.17) is 9.47 Å². The summed E-state index contributed by atoms with van der Waals surface area (Å²) in [5.41, 5.74) is 0.830. The van der Waals surface area contributed by atoms with Gasteiger partial charge in [0.1, 0.15) is 11.5 Å². The van der Waals surface area contributed by atoms with Crippen LogP contribution in [0.3, 0.4) is 0 Å². The fraction of sp³-hybridized carbons (Fsp3) is 0.625. The van der Waals surface area contributed by atoms with Gasteiger partial charge in [0.2, 0.25) is 0 Å². The van der Waals surface area contributed by atoms with Crippen LogP contribution >= 0.6 is 0 Å². The number of aliphatic hydroxyl groups is 1. The highest BCUT2D eigenvalue weighted by atomic mass is 16.5. The van der Waals surface area contributed by atoms with Crippen molar-refractivity contribution in [3.63, 3.8) is 0 Å². The van der Waals surface area contributed by atoms with Gasteiger partial charge in [-0.05, 0) is 37.8 Å². The summed E-state index contributed by atoms with van der Waals surface area (Å²) in [5.74, 6) is 2.17. The molecule has 1 aromatic carbocycles. The zero-order valence-corrected chi connectivity index (χ0v) is 11.9. The molecule has 19 heavy (non-hydrogen) atoms. The summed E-state index contributed by atoms with van der Waals surface area (Å²) in [7, 11) is 1.64. The van der Waals surface area contributed by atoms with Gasteiger partial charge in [0, 0.05) is 11.6 Å². The standard InChI is InChI=1S/C16H24O3/c1-12(17)15-9-8-14(18-2)10-16(15)19-11-13-6-4-3-5-7-13/h8-10,12-13,17H,3-7,11H2,1-2H3/t12-/m1/s1. The van der Waals surface area contributed by atoms with Crippen LogP contribution < -0.4 is 9.47 Å². The van der Waals surface area contributed by atoms with Crippen LogP contribution in [0.25, 0.3) is 0 Å². The normalized spacial score (nSPS) is 18.1. The first kappa shape index (κ1) is 14.2. The Morgan fingerprint density at radius 1 is 1.26 bits per heavy atom. The van der Waals surface area contributed by atoms with Gasteiger partial charge >= 0.3 is 0 Å². The van der Waals surface area contributed by atoms with Crippen LogP contribution in [-0.2, 0) is 0 Å². The molecule has 0 aliphatic heterocycles. The molecule has 1 saturated carbocycles. The van der Waals surface area contributed by atoms with Gasteiger partial charge in [0.15, 0.2) is 0 Å². The molecule has 0 unspecified atom stereocenters. The minimum Gasteiger partial charge on any atom is -0.497 e. The van der Waals surface area contributed by atoms with Crippen molar-refractivity contribution in [3.8, 4) is 11.5 Å². The lowest BCUT2D eigenvalue weighted by atomic mass is 9.90. The van der Waals surface area contributed by atoms with E-state index in [1.165, 1.54) is 32.1 Å². The molecule has 0 amide bonds. The van der Waals surface area contributed by atoms with Crippen molar-refractivity contribution in [2.45, 2.75) is 45.1 Å². The maximum atomic E-state index is 9.78. The summed E-state index contributed by atoms with van der Waals surface area (Å²) in [6.07, 6.45) is 5.98. The van der Waals surface area contributed by atoms with E-state index in [0.717, 1.165) is 23.7 Å². The van der Waals surface area contributed by atoms with Crippen LogP contribution in [0.5, 0.6) is 11.5 Å². The number of methoxy groups -OCH3 is 1. The van der Waals surface area contributed by atoms with Crippen LogP contribution in [0.4, 0.5) is 0 Å². The summed E-state index contributed by atoms with van der Waals surface area (Å²) in [5, 5.41) is 9.78. The molecule has 0 aromatic heterocycles. The topological polar surface area (TPSA) is 38.7 Å². The Morgan fingerprint density at radius 2 is 2.00 bits per heavy atom. The minimum atomic E-state index is -0.521. The second kappa shape index (κ2) is 6.80. The third-order valence-corrected chi connectivity index (χ3v) is 3.87. The second-order valence-electron chi connectivity index (χ2n) is 5.39. The zero-order valence-electron chi connectivity index (χ0n) is 11.9. The van der Waals surface area contributed by atoms with Crippen molar-refractivity contribution in [3.05, 3.63) is 23.8 Å². The minimum absolute atomic E-state index is 0.521. The highest BCUT2D eigenvalue weighted by Gasteiger charge is 2.16. The first-order chi connectivity index (χ1) is 9.20.